The third kappa shape index (κ3) is 4.22. The number of carbonyl (C=O) groups is 1. The van der Waals surface area contributed by atoms with E-state index in [-0.39, 0.29) is 18.0 Å². The lowest BCUT2D eigenvalue weighted by molar-refractivity contribution is 0.000428. The highest BCUT2D eigenvalue weighted by atomic mass is 19.1. The van der Waals surface area contributed by atoms with Crippen LogP contribution in [0, 0.1) is 5.82 Å². The van der Waals surface area contributed by atoms with Crippen molar-refractivity contribution in [1.82, 2.24) is 20.0 Å². The Labute approximate surface area is 152 Å². The Morgan fingerprint density at radius 3 is 2.62 bits per heavy atom. The molecule has 6 nitrogen and oxygen atoms in total. The predicted octanol–water partition coefficient (Wildman–Crippen LogP) is 3.44. The molecular weight excluding hydrogens is 335 g/mol. The molecule has 1 aliphatic heterocycles. The minimum atomic E-state index is -0.543. The van der Waals surface area contributed by atoms with Crippen LogP contribution < -0.4 is 0 Å². The van der Waals surface area contributed by atoms with E-state index in [0.29, 0.717) is 13.1 Å². The number of nitrogens with zero attached hydrogens (tertiary/aromatic N) is 3. The molecule has 140 valence electrons. The monoisotopic (exact) mass is 360 g/mol. The Morgan fingerprint density at radius 2 is 1.96 bits per heavy atom. The van der Waals surface area contributed by atoms with Crippen molar-refractivity contribution in [2.45, 2.75) is 32.4 Å². The van der Waals surface area contributed by atoms with Gasteiger partial charge in [-0.2, -0.15) is 5.10 Å². The number of rotatable bonds is 2. The molecule has 0 bridgehead atoms. The molecule has 1 aromatic carbocycles. The maximum absolute atomic E-state index is 13.1. The van der Waals surface area contributed by atoms with Gasteiger partial charge in [0, 0.05) is 25.2 Å². The first-order chi connectivity index (χ1) is 12.2. The zero-order valence-corrected chi connectivity index (χ0v) is 15.6. The van der Waals surface area contributed by atoms with Crippen LogP contribution in [-0.4, -0.2) is 58.4 Å². The number of carbonyl (C=O) groups excluding carboxylic acids is 1. The van der Waals surface area contributed by atoms with Gasteiger partial charge in [-0.05, 0) is 58.2 Å². The van der Waals surface area contributed by atoms with Crippen molar-refractivity contribution >= 4 is 6.09 Å². The predicted molar refractivity (Wildman–Crippen MR) is 97.2 cm³/mol. The summed E-state index contributed by atoms with van der Waals surface area (Å²) in [5, 5.41) is 7.38. The standard InChI is InChI=1S/C19H25FN4O2/c1-19(2,3)26-18(25)24-10-9-23(4)12-17(24)16-11-15(21-22-16)13-5-7-14(20)8-6-13/h5-8,11,17H,9-10,12H2,1-4H3,(H,21,22). The van der Waals surface area contributed by atoms with Crippen LogP contribution in [0.15, 0.2) is 30.3 Å². The molecule has 1 fully saturated rings. The summed E-state index contributed by atoms with van der Waals surface area (Å²) in [6.45, 7) is 7.64. The third-order valence-electron chi connectivity index (χ3n) is 4.31. The molecule has 26 heavy (non-hydrogen) atoms. The third-order valence-corrected chi connectivity index (χ3v) is 4.31. The van der Waals surface area contributed by atoms with E-state index in [1.165, 1.54) is 12.1 Å². The molecule has 0 saturated carbocycles. The molecule has 1 unspecified atom stereocenters. The molecule has 7 heteroatoms. The van der Waals surface area contributed by atoms with Gasteiger partial charge in [0.05, 0.1) is 17.4 Å². The van der Waals surface area contributed by atoms with Crippen LogP contribution in [0.25, 0.3) is 11.3 Å². The molecule has 2 heterocycles. The van der Waals surface area contributed by atoms with Crippen LogP contribution in [0.4, 0.5) is 9.18 Å². The molecule has 1 amide bonds. The van der Waals surface area contributed by atoms with E-state index < -0.39 is 5.60 Å². The summed E-state index contributed by atoms with van der Waals surface area (Å²) in [5.41, 5.74) is 1.83. The van der Waals surface area contributed by atoms with Gasteiger partial charge in [-0.3, -0.25) is 10.00 Å². The Morgan fingerprint density at radius 1 is 1.27 bits per heavy atom. The number of hydrogen-bond acceptors (Lipinski definition) is 4. The van der Waals surface area contributed by atoms with Crippen LogP contribution >= 0.6 is 0 Å². The molecule has 1 aliphatic rings. The topological polar surface area (TPSA) is 61.5 Å². The SMILES string of the molecule is CN1CCN(C(=O)OC(C)(C)C)C(c2cc(-c3ccc(F)cc3)n[nH]2)C1. The van der Waals surface area contributed by atoms with Crippen LogP contribution in [-0.2, 0) is 4.74 Å². The Kier molecular flexibility index (Phi) is 5.00. The molecule has 1 aromatic heterocycles. The lowest BCUT2D eigenvalue weighted by Crippen LogP contribution is -2.50. The molecule has 2 aromatic rings. The minimum absolute atomic E-state index is 0.176. The maximum atomic E-state index is 13.1. The van der Waals surface area contributed by atoms with E-state index >= 15 is 0 Å². The Hall–Kier alpha value is -2.41. The van der Waals surface area contributed by atoms with Crippen LogP contribution in [0.2, 0.25) is 0 Å². The summed E-state index contributed by atoms with van der Waals surface area (Å²) in [6, 6.07) is 7.93. The number of amides is 1. The van der Waals surface area contributed by atoms with Gasteiger partial charge in [0.15, 0.2) is 0 Å². The molecule has 0 spiro atoms. The van der Waals surface area contributed by atoms with Gasteiger partial charge in [-0.1, -0.05) is 0 Å². The number of halogens is 1. The van der Waals surface area contributed by atoms with E-state index in [4.69, 9.17) is 4.74 Å². The highest BCUT2D eigenvalue weighted by molar-refractivity contribution is 5.69. The minimum Gasteiger partial charge on any atom is -0.444 e. The fourth-order valence-electron chi connectivity index (χ4n) is 3.00. The summed E-state index contributed by atoms with van der Waals surface area (Å²) in [4.78, 5) is 16.5. The molecule has 1 atom stereocenters. The van der Waals surface area contributed by atoms with Crippen LogP contribution in [0.1, 0.15) is 32.5 Å². The number of aromatic amines is 1. The molecule has 1 N–H and O–H groups in total. The number of nitrogens with one attached hydrogen (secondary N) is 1. The van der Waals surface area contributed by atoms with Crippen molar-refractivity contribution in [3.05, 3.63) is 41.8 Å². The first kappa shape index (κ1) is 18.4. The Balaban J connectivity index is 1.84. The zero-order valence-electron chi connectivity index (χ0n) is 15.6. The zero-order chi connectivity index (χ0) is 18.9. The van der Waals surface area contributed by atoms with Crippen molar-refractivity contribution < 1.29 is 13.9 Å². The second kappa shape index (κ2) is 7.07. The molecule has 3 rings (SSSR count). The lowest BCUT2D eigenvalue weighted by Gasteiger charge is -2.39. The second-order valence-electron chi connectivity index (χ2n) is 7.67. The largest absolute Gasteiger partial charge is 0.444 e. The summed E-state index contributed by atoms with van der Waals surface area (Å²) in [5.74, 6) is -0.283. The number of piperazine rings is 1. The van der Waals surface area contributed by atoms with Gasteiger partial charge < -0.3 is 9.64 Å². The quantitative estimate of drug-likeness (QED) is 0.891. The van der Waals surface area contributed by atoms with Gasteiger partial charge >= 0.3 is 6.09 Å². The highest BCUT2D eigenvalue weighted by Gasteiger charge is 2.34. The summed E-state index contributed by atoms with van der Waals surface area (Å²) < 4.78 is 18.7. The molecule has 0 aliphatic carbocycles. The number of hydrogen-bond donors (Lipinski definition) is 1. The first-order valence-electron chi connectivity index (χ1n) is 8.72. The van der Waals surface area contributed by atoms with Gasteiger partial charge in [0.1, 0.15) is 11.4 Å². The van der Waals surface area contributed by atoms with Crippen molar-refractivity contribution in [3.8, 4) is 11.3 Å². The van der Waals surface area contributed by atoms with E-state index in [9.17, 15) is 9.18 Å². The number of benzene rings is 1. The van der Waals surface area contributed by atoms with E-state index in [1.54, 1.807) is 17.0 Å². The summed E-state index contributed by atoms with van der Waals surface area (Å²) in [6.07, 6.45) is -0.325. The fourth-order valence-corrected chi connectivity index (χ4v) is 3.00. The van der Waals surface area contributed by atoms with Crippen LogP contribution in [0.5, 0.6) is 0 Å². The lowest BCUT2D eigenvalue weighted by atomic mass is 10.1. The van der Waals surface area contributed by atoms with E-state index in [1.807, 2.05) is 33.9 Å². The van der Waals surface area contributed by atoms with Gasteiger partial charge in [0.2, 0.25) is 0 Å². The second-order valence-corrected chi connectivity index (χ2v) is 7.67. The molecule has 1 saturated heterocycles. The highest BCUT2D eigenvalue weighted by Crippen LogP contribution is 2.28. The Bertz CT molecular complexity index is 767. The smallest absolute Gasteiger partial charge is 0.410 e. The maximum Gasteiger partial charge on any atom is 0.410 e. The molecule has 0 radical (unpaired) electrons. The van der Waals surface area contributed by atoms with E-state index in [2.05, 4.69) is 15.1 Å². The van der Waals surface area contributed by atoms with Crippen LogP contribution in [0.3, 0.4) is 0 Å². The fraction of sp³-hybridized carbons (Fsp3) is 0.474. The first-order valence-corrected chi connectivity index (χ1v) is 8.72. The summed E-state index contributed by atoms with van der Waals surface area (Å²) >= 11 is 0. The van der Waals surface area contributed by atoms with E-state index in [0.717, 1.165) is 23.5 Å². The number of ether oxygens (including phenoxy) is 1. The van der Waals surface area contributed by atoms with Gasteiger partial charge in [-0.25, -0.2) is 9.18 Å². The number of H-pyrrole nitrogens is 1. The normalized spacial score (nSPS) is 18.8. The van der Waals surface area contributed by atoms with Gasteiger partial charge in [-0.15, -0.1) is 0 Å². The average Bonchev–Trinajstić information content (AvgIpc) is 3.03. The van der Waals surface area contributed by atoms with Crippen molar-refractivity contribution in [2.75, 3.05) is 26.7 Å². The van der Waals surface area contributed by atoms with Gasteiger partial charge in [0.25, 0.3) is 0 Å². The summed E-state index contributed by atoms with van der Waals surface area (Å²) in [7, 11) is 2.02. The van der Waals surface area contributed by atoms with Crippen molar-refractivity contribution in [3.63, 3.8) is 0 Å². The van der Waals surface area contributed by atoms with Crippen molar-refractivity contribution in [2.24, 2.45) is 0 Å². The number of likely N-dealkylation sites (N-methyl/N-ethyl adjacent to an activating group) is 1. The number of aromatic nitrogens is 2. The average molecular weight is 360 g/mol. The molecular formula is C19H25FN4O2. The van der Waals surface area contributed by atoms with Crippen molar-refractivity contribution in [1.29, 1.82) is 0 Å².